The topological polar surface area (TPSA) is 93.1 Å². The molecule has 0 fully saturated rings. The van der Waals surface area contributed by atoms with Crippen molar-refractivity contribution >= 4 is 49.9 Å². The van der Waals surface area contributed by atoms with E-state index >= 15 is 0 Å². The Bertz CT molecular complexity index is 1030. The molecule has 1 aromatic carbocycles. The second-order valence-corrected chi connectivity index (χ2v) is 7.35. The van der Waals surface area contributed by atoms with E-state index in [-0.39, 0.29) is 11.3 Å². The molecule has 25 heavy (non-hydrogen) atoms. The predicted molar refractivity (Wildman–Crippen MR) is 98.6 cm³/mol. The van der Waals surface area contributed by atoms with Gasteiger partial charge in [0.15, 0.2) is 5.69 Å². The van der Waals surface area contributed by atoms with Gasteiger partial charge in [-0.05, 0) is 35.0 Å². The number of fused-ring (bicyclic) bond motifs is 1. The van der Waals surface area contributed by atoms with Crippen molar-refractivity contribution in [1.82, 2.24) is 20.6 Å². The fourth-order valence-corrected chi connectivity index (χ4v) is 3.43. The number of thiophene rings is 1. The second kappa shape index (κ2) is 7.16. The lowest BCUT2D eigenvalue weighted by atomic mass is 10.1. The van der Waals surface area contributed by atoms with Gasteiger partial charge in [-0.3, -0.25) is 25.2 Å². The van der Waals surface area contributed by atoms with Crippen molar-refractivity contribution in [3.05, 3.63) is 61.1 Å². The van der Waals surface area contributed by atoms with Gasteiger partial charge in [0.25, 0.3) is 17.4 Å². The first kappa shape index (κ1) is 17.3. The number of rotatable bonds is 3. The fourth-order valence-electron chi connectivity index (χ4n) is 2.29. The minimum Gasteiger partial charge on any atom is -0.267 e. The molecule has 0 saturated heterocycles. The molecule has 2 amide bonds. The molecule has 2 N–H and O–H groups in total. The van der Waals surface area contributed by atoms with Gasteiger partial charge in [-0.1, -0.05) is 18.2 Å². The Kier molecular flexibility index (Phi) is 4.95. The number of aromatic nitrogens is 2. The van der Waals surface area contributed by atoms with Crippen molar-refractivity contribution < 1.29 is 9.59 Å². The van der Waals surface area contributed by atoms with Crippen molar-refractivity contribution in [3.8, 4) is 0 Å². The van der Waals surface area contributed by atoms with Gasteiger partial charge in [0.05, 0.1) is 14.7 Å². The molecule has 0 radical (unpaired) electrons. The SMILES string of the molecule is CCn1nc(C(=O)NNC(=O)c2csc(Br)c2)c2ccccc2c1=O. The molecular weight excluding hydrogens is 408 g/mol. The summed E-state index contributed by atoms with van der Waals surface area (Å²) in [6.07, 6.45) is 0. The van der Waals surface area contributed by atoms with Crippen LogP contribution >= 0.6 is 27.3 Å². The normalized spacial score (nSPS) is 10.6. The van der Waals surface area contributed by atoms with Gasteiger partial charge in [-0.2, -0.15) is 5.10 Å². The van der Waals surface area contributed by atoms with Gasteiger partial charge < -0.3 is 0 Å². The van der Waals surface area contributed by atoms with E-state index in [4.69, 9.17) is 0 Å². The monoisotopic (exact) mass is 420 g/mol. The number of nitrogens with one attached hydrogen (secondary N) is 2. The zero-order chi connectivity index (χ0) is 18.0. The molecule has 3 aromatic rings. The summed E-state index contributed by atoms with van der Waals surface area (Å²) in [7, 11) is 0. The molecular formula is C16H13BrN4O3S. The van der Waals surface area contributed by atoms with Crippen LogP contribution in [0.3, 0.4) is 0 Å². The summed E-state index contributed by atoms with van der Waals surface area (Å²) in [5, 5.41) is 6.61. The first-order chi connectivity index (χ1) is 12.0. The third-order valence-electron chi connectivity index (χ3n) is 3.50. The van der Waals surface area contributed by atoms with Crippen LogP contribution in [-0.4, -0.2) is 21.6 Å². The number of nitrogens with zero attached hydrogens (tertiary/aromatic N) is 2. The molecule has 0 saturated carbocycles. The van der Waals surface area contributed by atoms with Crippen molar-refractivity contribution in [2.45, 2.75) is 13.5 Å². The number of hydrogen-bond acceptors (Lipinski definition) is 5. The highest BCUT2D eigenvalue weighted by atomic mass is 79.9. The molecule has 0 spiro atoms. The van der Waals surface area contributed by atoms with Crippen LogP contribution in [0.25, 0.3) is 10.8 Å². The van der Waals surface area contributed by atoms with Crippen LogP contribution in [0.15, 0.2) is 44.3 Å². The number of carbonyl (C=O) groups excluding carboxylic acids is 2. The highest BCUT2D eigenvalue weighted by Gasteiger charge is 2.17. The minimum atomic E-state index is -0.596. The molecule has 0 unspecified atom stereocenters. The summed E-state index contributed by atoms with van der Waals surface area (Å²) in [6, 6.07) is 8.39. The number of halogens is 1. The van der Waals surface area contributed by atoms with Gasteiger partial charge in [-0.25, -0.2) is 4.68 Å². The minimum absolute atomic E-state index is 0.0730. The maximum absolute atomic E-state index is 12.5. The van der Waals surface area contributed by atoms with E-state index in [2.05, 4.69) is 31.9 Å². The Hall–Kier alpha value is -2.52. The molecule has 0 aliphatic carbocycles. The lowest BCUT2D eigenvalue weighted by Crippen LogP contribution is -2.42. The quantitative estimate of drug-likeness (QED) is 0.635. The van der Waals surface area contributed by atoms with Gasteiger partial charge in [-0.15, -0.1) is 11.3 Å². The average molecular weight is 421 g/mol. The van der Waals surface area contributed by atoms with Crippen LogP contribution in [0.1, 0.15) is 27.8 Å². The summed E-state index contributed by atoms with van der Waals surface area (Å²) in [6.45, 7) is 2.10. The maximum atomic E-state index is 12.5. The van der Waals surface area contributed by atoms with E-state index in [1.165, 1.54) is 16.0 Å². The lowest BCUT2D eigenvalue weighted by molar-refractivity contribution is 0.0844. The number of hydrazine groups is 1. The van der Waals surface area contributed by atoms with Gasteiger partial charge in [0.1, 0.15) is 0 Å². The van der Waals surface area contributed by atoms with Crippen LogP contribution in [-0.2, 0) is 6.54 Å². The predicted octanol–water partition coefficient (Wildman–Crippen LogP) is 2.32. The van der Waals surface area contributed by atoms with E-state index in [0.29, 0.717) is 22.9 Å². The molecule has 3 rings (SSSR count). The molecule has 2 aromatic heterocycles. The molecule has 7 nitrogen and oxygen atoms in total. The maximum Gasteiger partial charge on any atom is 0.290 e. The number of carbonyl (C=O) groups is 2. The molecule has 9 heteroatoms. The van der Waals surface area contributed by atoms with Gasteiger partial charge in [0, 0.05) is 17.3 Å². The number of aryl methyl sites for hydroxylation is 1. The Balaban J connectivity index is 1.88. The first-order valence-electron chi connectivity index (χ1n) is 7.36. The molecule has 0 aliphatic heterocycles. The summed E-state index contributed by atoms with van der Waals surface area (Å²) in [5.74, 6) is -1.04. The summed E-state index contributed by atoms with van der Waals surface area (Å²) in [4.78, 5) is 36.8. The highest BCUT2D eigenvalue weighted by molar-refractivity contribution is 9.11. The van der Waals surface area contributed by atoms with Crippen molar-refractivity contribution in [2.75, 3.05) is 0 Å². The van der Waals surface area contributed by atoms with Crippen LogP contribution in [0.5, 0.6) is 0 Å². The van der Waals surface area contributed by atoms with Crippen molar-refractivity contribution in [2.24, 2.45) is 0 Å². The second-order valence-electron chi connectivity index (χ2n) is 5.06. The van der Waals surface area contributed by atoms with Crippen LogP contribution in [0, 0.1) is 0 Å². The first-order valence-corrected chi connectivity index (χ1v) is 9.03. The Labute approximate surface area is 154 Å². The van der Waals surface area contributed by atoms with Crippen molar-refractivity contribution in [3.63, 3.8) is 0 Å². The number of amides is 2. The Morgan fingerprint density at radius 3 is 2.52 bits per heavy atom. The summed E-state index contributed by atoms with van der Waals surface area (Å²) >= 11 is 4.64. The third-order valence-corrected chi connectivity index (χ3v) is 5.01. The van der Waals surface area contributed by atoms with E-state index in [0.717, 1.165) is 3.79 Å². The smallest absolute Gasteiger partial charge is 0.267 e. The third kappa shape index (κ3) is 3.47. The zero-order valence-corrected chi connectivity index (χ0v) is 15.5. The van der Waals surface area contributed by atoms with Crippen LogP contribution in [0.2, 0.25) is 0 Å². The van der Waals surface area contributed by atoms with Gasteiger partial charge >= 0.3 is 0 Å². The van der Waals surface area contributed by atoms with E-state index in [9.17, 15) is 14.4 Å². The summed E-state index contributed by atoms with van der Waals surface area (Å²) < 4.78 is 2.03. The standard InChI is InChI=1S/C16H13BrN4O3S/c1-2-21-16(24)11-6-4-3-5-10(11)13(20-21)15(23)19-18-14(22)9-7-12(17)25-8-9/h3-8H,2H2,1H3,(H,18,22)(H,19,23). The summed E-state index contributed by atoms with van der Waals surface area (Å²) in [5.41, 5.74) is 4.93. The fraction of sp³-hybridized carbons (Fsp3) is 0.125. The number of hydrogen-bond donors (Lipinski definition) is 2. The van der Waals surface area contributed by atoms with Crippen molar-refractivity contribution in [1.29, 1.82) is 0 Å². The van der Waals surface area contributed by atoms with Crippen LogP contribution in [0.4, 0.5) is 0 Å². The Morgan fingerprint density at radius 2 is 1.88 bits per heavy atom. The van der Waals surface area contributed by atoms with Crippen LogP contribution < -0.4 is 16.4 Å². The van der Waals surface area contributed by atoms with E-state index in [1.54, 1.807) is 42.6 Å². The van der Waals surface area contributed by atoms with E-state index in [1.807, 2.05) is 0 Å². The number of benzene rings is 1. The molecule has 2 heterocycles. The average Bonchev–Trinajstić information content (AvgIpc) is 3.06. The Morgan fingerprint density at radius 1 is 1.20 bits per heavy atom. The van der Waals surface area contributed by atoms with E-state index < -0.39 is 11.8 Å². The zero-order valence-electron chi connectivity index (χ0n) is 13.1. The molecule has 128 valence electrons. The largest absolute Gasteiger partial charge is 0.290 e. The van der Waals surface area contributed by atoms with Gasteiger partial charge in [0.2, 0.25) is 0 Å². The molecule has 0 atom stereocenters. The lowest BCUT2D eigenvalue weighted by Gasteiger charge is -2.10. The molecule has 0 aliphatic rings. The highest BCUT2D eigenvalue weighted by Crippen LogP contribution is 2.20. The molecule has 0 bridgehead atoms.